The first-order chi connectivity index (χ1) is 6.65. The molecule has 0 spiro atoms. The van der Waals surface area contributed by atoms with Crippen LogP contribution in [0.4, 0.5) is 0 Å². The van der Waals surface area contributed by atoms with Crippen molar-refractivity contribution in [1.82, 2.24) is 0 Å². The molecule has 0 bridgehead atoms. The zero-order valence-electron chi connectivity index (χ0n) is 7.82. The maximum absolute atomic E-state index is 11.3. The average molecular weight is 190 g/mol. The predicted molar refractivity (Wildman–Crippen MR) is 52.6 cm³/mol. The second kappa shape index (κ2) is 4.37. The highest BCUT2D eigenvalue weighted by atomic mass is 16.6. The van der Waals surface area contributed by atoms with Crippen LogP contribution in [0.1, 0.15) is 22.8 Å². The van der Waals surface area contributed by atoms with Gasteiger partial charge in [0.05, 0.1) is 5.56 Å². The normalized spacial score (nSPS) is 9.21. The number of carbonyl (C=O) groups is 2. The molecule has 1 aromatic carbocycles. The van der Waals surface area contributed by atoms with Gasteiger partial charge in [0.1, 0.15) is 0 Å². The van der Waals surface area contributed by atoms with E-state index in [2.05, 4.69) is 11.3 Å². The lowest BCUT2D eigenvalue weighted by Gasteiger charge is -2.03. The van der Waals surface area contributed by atoms with E-state index in [1.807, 2.05) is 0 Å². The summed E-state index contributed by atoms with van der Waals surface area (Å²) in [5.74, 6) is -1.26. The number of benzene rings is 1. The molecule has 0 heterocycles. The molecule has 0 aliphatic rings. The Hall–Kier alpha value is -1.90. The van der Waals surface area contributed by atoms with Gasteiger partial charge in [0.25, 0.3) is 0 Å². The minimum Gasteiger partial charge on any atom is -0.390 e. The van der Waals surface area contributed by atoms with E-state index in [1.54, 1.807) is 24.3 Å². The summed E-state index contributed by atoms with van der Waals surface area (Å²) >= 11 is 0. The Bertz CT molecular complexity index is 380. The van der Waals surface area contributed by atoms with Gasteiger partial charge in [-0.1, -0.05) is 30.9 Å². The molecule has 3 heteroatoms. The van der Waals surface area contributed by atoms with Gasteiger partial charge in [0.15, 0.2) is 0 Å². The van der Waals surface area contributed by atoms with Crippen molar-refractivity contribution in [2.45, 2.75) is 6.92 Å². The fourth-order valence-electron chi connectivity index (χ4n) is 1.05. The number of hydrogen-bond acceptors (Lipinski definition) is 3. The van der Waals surface area contributed by atoms with Crippen LogP contribution in [-0.2, 0) is 9.53 Å². The molecule has 0 radical (unpaired) electrons. The standard InChI is InChI=1S/C11H10O3/c1-3-9-6-4-5-7-10(9)11(13)14-8(2)12/h3-7H,1H2,2H3. The van der Waals surface area contributed by atoms with Gasteiger partial charge in [-0.05, 0) is 11.6 Å². The first-order valence-electron chi connectivity index (χ1n) is 4.09. The van der Waals surface area contributed by atoms with Crippen molar-refractivity contribution >= 4 is 18.0 Å². The second-order valence-electron chi connectivity index (χ2n) is 2.67. The van der Waals surface area contributed by atoms with Crippen LogP contribution < -0.4 is 0 Å². The zero-order valence-corrected chi connectivity index (χ0v) is 7.82. The predicted octanol–water partition coefficient (Wildman–Crippen LogP) is 2.03. The van der Waals surface area contributed by atoms with Gasteiger partial charge in [-0.25, -0.2) is 4.79 Å². The Morgan fingerprint density at radius 1 is 1.36 bits per heavy atom. The third-order valence-electron chi connectivity index (χ3n) is 1.64. The van der Waals surface area contributed by atoms with E-state index in [0.717, 1.165) is 0 Å². The van der Waals surface area contributed by atoms with Crippen LogP contribution in [0, 0.1) is 0 Å². The van der Waals surface area contributed by atoms with Gasteiger partial charge in [0.2, 0.25) is 0 Å². The fraction of sp³-hybridized carbons (Fsp3) is 0.0909. The second-order valence-corrected chi connectivity index (χ2v) is 2.67. The molecule has 14 heavy (non-hydrogen) atoms. The van der Waals surface area contributed by atoms with Crippen molar-refractivity contribution in [3.8, 4) is 0 Å². The van der Waals surface area contributed by atoms with Gasteiger partial charge in [-0.3, -0.25) is 4.79 Å². The molecule has 0 atom stereocenters. The molecule has 0 unspecified atom stereocenters. The van der Waals surface area contributed by atoms with Crippen molar-refractivity contribution in [2.75, 3.05) is 0 Å². The number of esters is 2. The molecular formula is C11H10O3. The fourth-order valence-corrected chi connectivity index (χ4v) is 1.05. The third-order valence-corrected chi connectivity index (χ3v) is 1.64. The summed E-state index contributed by atoms with van der Waals surface area (Å²) in [6.07, 6.45) is 1.54. The maximum Gasteiger partial charge on any atom is 0.346 e. The Morgan fingerprint density at radius 2 is 2.00 bits per heavy atom. The molecule has 0 N–H and O–H groups in total. The first-order valence-corrected chi connectivity index (χ1v) is 4.09. The monoisotopic (exact) mass is 190 g/mol. The van der Waals surface area contributed by atoms with Gasteiger partial charge < -0.3 is 4.74 Å². The summed E-state index contributed by atoms with van der Waals surface area (Å²) in [6.45, 7) is 4.75. The summed E-state index contributed by atoms with van der Waals surface area (Å²) in [5.41, 5.74) is 0.997. The summed E-state index contributed by atoms with van der Waals surface area (Å²) < 4.78 is 4.45. The van der Waals surface area contributed by atoms with Crippen molar-refractivity contribution < 1.29 is 14.3 Å². The van der Waals surface area contributed by atoms with Crippen molar-refractivity contribution in [2.24, 2.45) is 0 Å². The highest BCUT2D eigenvalue weighted by molar-refractivity contribution is 5.98. The van der Waals surface area contributed by atoms with Crippen LogP contribution in [0.15, 0.2) is 30.8 Å². The average Bonchev–Trinajstić information content (AvgIpc) is 2.16. The Kier molecular flexibility index (Phi) is 3.18. The number of rotatable bonds is 2. The molecule has 1 rings (SSSR count). The van der Waals surface area contributed by atoms with E-state index in [9.17, 15) is 9.59 Å². The zero-order chi connectivity index (χ0) is 10.6. The van der Waals surface area contributed by atoms with E-state index in [1.165, 1.54) is 13.0 Å². The Balaban J connectivity index is 2.99. The maximum atomic E-state index is 11.3. The summed E-state index contributed by atoms with van der Waals surface area (Å²) in [7, 11) is 0. The van der Waals surface area contributed by atoms with Crippen molar-refractivity contribution in [1.29, 1.82) is 0 Å². The molecule has 0 amide bonds. The smallest absolute Gasteiger partial charge is 0.346 e. The van der Waals surface area contributed by atoms with Crippen LogP contribution in [0.25, 0.3) is 6.08 Å². The van der Waals surface area contributed by atoms with Gasteiger partial charge in [0, 0.05) is 6.92 Å². The van der Waals surface area contributed by atoms with Crippen LogP contribution in [-0.4, -0.2) is 11.9 Å². The van der Waals surface area contributed by atoms with E-state index in [-0.39, 0.29) is 0 Å². The van der Waals surface area contributed by atoms with Crippen molar-refractivity contribution in [3.05, 3.63) is 42.0 Å². The van der Waals surface area contributed by atoms with E-state index in [4.69, 9.17) is 0 Å². The minimum absolute atomic E-state index is 0.345. The molecule has 3 nitrogen and oxygen atoms in total. The van der Waals surface area contributed by atoms with E-state index in [0.29, 0.717) is 11.1 Å². The SMILES string of the molecule is C=Cc1ccccc1C(=O)OC(C)=O. The third kappa shape index (κ3) is 2.29. The number of ether oxygens (including phenoxy) is 1. The quantitative estimate of drug-likeness (QED) is 0.529. The van der Waals surface area contributed by atoms with Crippen LogP contribution in [0.3, 0.4) is 0 Å². The Labute approximate surface area is 82.0 Å². The summed E-state index contributed by atoms with van der Waals surface area (Å²) in [5, 5.41) is 0. The van der Waals surface area contributed by atoms with E-state index < -0.39 is 11.9 Å². The summed E-state index contributed by atoms with van der Waals surface area (Å²) in [4.78, 5) is 21.9. The first kappa shape index (κ1) is 10.2. The summed E-state index contributed by atoms with van der Waals surface area (Å²) in [6, 6.07) is 6.79. The van der Waals surface area contributed by atoms with Crippen LogP contribution in [0.2, 0.25) is 0 Å². The molecular weight excluding hydrogens is 180 g/mol. The van der Waals surface area contributed by atoms with Crippen molar-refractivity contribution in [3.63, 3.8) is 0 Å². The largest absolute Gasteiger partial charge is 0.390 e. The minimum atomic E-state index is -0.645. The highest BCUT2D eigenvalue weighted by Crippen LogP contribution is 2.11. The Morgan fingerprint density at radius 3 is 2.57 bits per heavy atom. The molecule has 0 saturated carbocycles. The topological polar surface area (TPSA) is 43.4 Å². The lowest BCUT2D eigenvalue weighted by Crippen LogP contribution is -2.10. The van der Waals surface area contributed by atoms with E-state index >= 15 is 0 Å². The van der Waals surface area contributed by atoms with Gasteiger partial charge in [-0.2, -0.15) is 0 Å². The molecule has 72 valence electrons. The number of carbonyl (C=O) groups excluding carboxylic acids is 2. The molecule has 0 aliphatic heterocycles. The van der Waals surface area contributed by atoms with Gasteiger partial charge >= 0.3 is 11.9 Å². The van der Waals surface area contributed by atoms with Crippen LogP contribution >= 0.6 is 0 Å². The van der Waals surface area contributed by atoms with Gasteiger partial charge in [-0.15, -0.1) is 0 Å². The lowest BCUT2D eigenvalue weighted by atomic mass is 10.1. The van der Waals surface area contributed by atoms with Crippen LogP contribution in [0.5, 0.6) is 0 Å². The molecule has 0 saturated heterocycles. The number of hydrogen-bond donors (Lipinski definition) is 0. The highest BCUT2D eigenvalue weighted by Gasteiger charge is 2.11. The molecule has 1 aromatic rings. The molecule has 0 aliphatic carbocycles. The molecule has 0 aromatic heterocycles. The lowest BCUT2D eigenvalue weighted by molar-refractivity contribution is -0.135. The molecule has 0 fully saturated rings.